The Kier molecular flexibility index (Phi) is 7.01. The van der Waals surface area contributed by atoms with Crippen LogP contribution >= 0.6 is 0 Å². The largest absolute Gasteiger partial charge is 0.476 e. The molecule has 0 aliphatic carbocycles. The van der Waals surface area contributed by atoms with Crippen molar-refractivity contribution < 1.29 is 14.7 Å². The van der Waals surface area contributed by atoms with Gasteiger partial charge in [-0.25, -0.2) is 14.8 Å². The number of nitrogens with zero attached hydrogens (tertiary/aromatic N) is 2. The van der Waals surface area contributed by atoms with Gasteiger partial charge in [0.15, 0.2) is 23.0 Å². The molecule has 12 heteroatoms. The molecule has 11 N–H and O–H groups in total. The van der Waals surface area contributed by atoms with Crippen molar-refractivity contribution in [2.24, 2.45) is 11.5 Å². The van der Waals surface area contributed by atoms with Gasteiger partial charge in [0.05, 0.1) is 0 Å². The molecule has 0 radical (unpaired) electrons. The summed E-state index contributed by atoms with van der Waals surface area (Å²) in [4.78, 5) is 32.2. The van der Waals surface area contributed by atoms with E-state index in [0.29, 0.717) is 11.1 Å². The second kappa shape index (κ2) is 10.1. The number of carbonyl (C=O) groups is 2. The molecule has 0 fully saturated rings. The second-order valence-corrected chi connectivity index (χ2v) is 7.22. The molecule has 2 aromatic carbocycles. The Balaban J connectivity index is 1.76. The van der Waals surface area contributed by atoms with Crippen molar-refractivity contribution in [2.45, 2.75) is 13.1 Å². The summed E-state index contributed by atoms with van der Waals surface area (Å²) in [6.45, 7) is 0.324. The number of aromatic carboxylic acids is 1. The second-order valence-electron chi connectivity index (χ2n) is 7.22. The van der Waals surface area contributed by atoms with Crippen molar-refractivity contribution >= 4 is 35.2 Å². The number of carboxylic acid groups (broad SMARTS) is 1. The van der Waals surface area contributed by atoms with Gasteiger partial charge in [0.25, 0.3) is 5.91 Å². The number of aromatic nitrogens is 2. The van der Waals surface area contributed by atoms with Gasteiger partial charge in [-0.2, -0.15) is 0 Å². The van der Waals surface area contributed by atoms with Crippen molar-refractivity contribution in [3.8, 4) is 0 Å². The summed E-state index contributed by atoms with van der Waals surface area (Å²) in [5, 5.41) is 29.8. The van der Waals surface area contributed by atoms with Crippen LogP contribution < -0.4 is 27.8 Å². The van der Waals surface area contributed by atoms with E-state index in [9.17, 15) is 14.7 Å². The number of nitrogens with two attached hydrogens (primary N) is 3. The van der Waals surface area contributed by atoms with E-state index in [0.717, 1.165) is 11.1 Å². The molecule has 0 aliphatic rings. The molecule has 0 spiro atoms. The topological polar surface area (TPSA) is 230 Å². The van der Waals surface area contributed by atoms with Crippen LogP contribution in [0.5, 0.6) is 0 Å². The van der Waals surface area contributed by atoms with E-state index in [1.165, 1.54) is 0 Å². The lowest BCUT2D eigenvalue weighted by Crippen LogP contribution is -2.27. The van der Waals surface area contributed by atoms with Crippen molar-refractivity contribution in [3.63, 3.8) is 0 Å². The minimum absolute atomic E-state index is 0.0630. The Labute approximate surface area is 194 Å². The normalized spacial score (nSPS) is 10.4. The SMILES string of the molecule is N=C(N)c1ccc(CNC(=O)c2nc(NCc3ccc(C(=N)N)cc3)c(C(=O)O)nc2N)cc1. The first-order valence-electron chi connectivity index (χ1n) is 9.95. The van der Waals surface area contributed by atoms with Gasteiger partial charge in [-0.3, -0.25) is 15.6 Å². The monoisotopic (exact) mass is 461 g/mol. The summed E-state index contributed by atoms with van der Waals surface area (Å²) in [5.41, 5.74) is 18.7. The molecule has 0 bridgehead atoms. The number of benzene rings is 2. The van der Waals surface area contributed by atoms with E-state index in [1.54, 1.807) is 48.5 Å². The third kappa shape index (κ3) is 5.62. The van der Waals surface area contributed by atoms with Crippen LogP contribution in [0.3, 0.4) is 0 Å². The highest BCUT2D eigenvalue weighted by Crippen LogP contribution is 2.18. The number of amides is 1. The van der Waals surface area contributed by atoms with Crippen molar-refractivity contribution in [2.75, 3.05) is 11.1 Å². The lowest BCUT2D eigenvalue weighted by molar-refractivity contribution is 0.0690. The van der Waals surface area contributed by atoms with Gasteiger partial charge in [-0.05, 0) is 11.1 Å². The maximum atomic E-state index is 12.7. The van der Waals surface area contributed by atoms with Crippen molar-refractivity contribution in [3.05, 3.63) is 82.2 Å². The number of nitrogen functional groups attached to an aromatic ring is 3. The molecule has 0 unspecified atom stereocenters. The fourth-order valence-electron chi connectivity index (χ4n) is 2.94. The maximum absolute atomic E-state index is 12.7. The summed E-state index contributed by atoms with van der Waals surface area (Å²) < 4.78 is 0. The summed E-state index contributed by atoms with van der Waals surface area (Å²) in [7, 11) is 0. The Morgan fingerprint density at radius 2 is 1.32 bits per heavy atom. The zero-order valence-corrected chi connectivity index (χ0v) is 17.9. The number of rotatable bonds is 9. The maximum Gasteiger partial charge on any atom is 0.358 e. The van der Waals surface area contributed by atoms with Crippen LogP contribution in [-0.4, -0.2) is 38.6 Å². The van der Waals surface area contributed by atoms with Gasteiger partial charge in [0.1, 0.15) is 11.7 Å². The molecule has 1 amide bonds. The van der Waals surface area contributed by atoms with Gasteiger partial charge in [-0.1, -0.05) is 48.5 Å². The van der Waals surface area contributed by atoms with Gasteiger partial charge >= 0.3 is 5.97 Å². The van der Waals surface area contributed by atoms with E-state index in [4.69, 9.17) is 28.0 Å². The number of amidine groups is 2. The molecule has 12 nitrogen and oxygen atoms in total. The van der Waals surface area contributed by atoms with Crippen LogP contribution in [0.15, 0.2) is 48.5 Å². The van der Waals surface area contributed by atoms with E-state index in [-0.39, 0.29) is 42.1 Å². The first-order chi connectivity index (χ1) is 16.2. The van der Waals surface area contributed by atoms with E-state index >= 15 is 0 Å². The molecule has 1 aromatic heterocycles. The van der Waals surface area contributed by atoms with Gasteiger partial charge in [0, 0.05) is 24.2 Å². The number of carbonyl (C=O) groups excluding carboxylic acids is 1. The van der Waals surface area contributed by atoms with Crippen LogP contribution in [0, 0.1) is 10.8 Å². The lowest BCUT2D eigenvalue weighted by atomic mass is 10.1. The Bertz CT molecular complexity index is 1260. The molecule has 174 valence electrons. The summed E-state index contributed by atoms with van der Waals surface area (Å²) in [6, 6.07) is 13.5. The quantitative estimate of drug-likeness (QED) is 0.166. The van der Waals surface area contributed by atoms with Gasteiger partial charge in [0.2, 0.25) is 0 Å². The van der Waals surface area contributed by atoms with Crippen molar-refractivity contribution in [1.82, 2.24) is 15.3 Å². The zero-order valence-electron chi connectivity index (χ0n) is 17.9. The summed E-state index contributed by atoms with van der Waals surface area (Å²) >= 11 is 0. The molecule has 0 saturated carbocycles. The molecule has 3 aromatic rings. The van der Waals surface area contributed by atoms with Crippen LogP contribution in [0.2, 0.25) is 0 Å². The lowest BCUT2D eigenvalue weighted by Gasteiger charge is -2.12. The predicted molar refractivity (Wildman–Crippen MR) is 127 cm³/mol. The number of anilines is 2. The van der Waals surface area contributed by atoms with Crippen LogP contribution in [0.1, 0.15) is 43.2 Å². The van der Waals surface area contributed by atoms with Crippen LogP contribution in [0.25, 0.3) is 0 Å². The average molecular weight is 461 g/mol. The van der Waals surface area contributed by atoms with E-state index in [1.807, 2.05) is 0 Å². The summed E-state index contributed by atoms with van der Waals surface area (Å²) in [6.07, 6.45) is 0. The molecule has 0 aliphatic heterocycles. The highest BCUT2D eigenvalue weighted by Gasteiger charge is 2.21. The molecular weight excluding hydrogens is 438 g/mol. The molecule has 0 saturated heterocycles. The third-order valence-electron chi connectivity index (χ3n) is 4.78. The number of hydrogen-bond acceptors (Lipinski definition) is 8. The number of hydrogen-bond donors (Lipinski definition) is 8. The third-order valence-corrected chi connectivity index (χ3v) is 4.78. The average Bonchev–Trinajstić information content (AvgIpc) is 2.81. The van der Waals surface area contributed by atoms with E-state index < -0.39 is 17.6 Å². The van der Waals surface area contributed by atoms with Gasteiger partial charge < -0.3 is 32.9 Å². The molecule has 1 heterocycles. The first-order valence-corrected chi connectivity index (χ1v) is 9.95. The standard InChI is InChI=1S/C22H23N9O3/c23-17(24)13-5-1-11(2-6-13)9-28-20-16(22(33)34)30-19(27)15(31-20)21(32)29-10-12-3-7-14(8-4-12)18(25)26/h1-8H,9-10H2,(H3,23,24)(H3,25,26)(H2,27,30)(H,28,31)(H,29,32)(H,33,34). The Morgan fingerprint density at radius 1 is 0.824 bits per heavy atom. The molecule has 3 rings (SSSR count). The number of nitrogens with one attached hydrogen (secondary N) is 4. The number of carboxylic acids is 1. The minimum atomic E-state index is -1.36. The fraction of sp³-hybridized carbons (Fsp3) is 0.0909. The molecule has 0 atom stereocenters. The first kappa shape index (κ1) is 23.7. The smallest absolute Gasteiger partial charge is 0.358 e. The molecular formula is C22H23N9O3. The van der Waals surface area contributed by atoms with E-state index in [2.05, 4.69) is 20.6 Å². The van der Waals surface area contributed by atoms with Crippen LogP contribution in [-0.2, 0) is 13.1 Å². The summed E-state index contributed by atoms with van der Waals surface area (Å²) in [5.74, 6) is -2.56. The Hall–Kier alpha value is -5.00. The Morgan fingerprint density at radius 3 is 1.79 bits per heavy atom. The highest BCUT2D eigenvalue weighted by molar-refractivity contribution is 5.99. The van der Waals surface area contributed by atoms with Crippen molar-refractivity contribution in [1.29, 1.82) is 10.8 Å². The predicted octanol–water partition coefficient (Wildman–Crippen LogP) is 0.867. The zero-order chi connectivity index (χ0) is 24.8. The molecule has 34 heavy (non-hydrogen) atoms. The minimum Gasteiger partial charge on any atom is -0.476 e. The van der Waals surface area contributed by atoms with Gasteiger partial charge in [-0.15, -0.1) is 0 Å². The highest BCUT2D eigenvalue weighted by atomic mass is 16.4. The van der Waals surface area contributed by atoms with Crippen LogP contribution in [0.4, 0.5) is 11.6 Å². The fourth-order valence-corrected chi connectivity index (χ4v) is 2.94.